The van der Waals surface area contributed by atoms with Crippen LogP contribution in [0.25, 0.3) is 0 Å². The number of anilines is 1. The molecule has 3 aliphatic heterocycles. The predicted octanol–water partition coefficient (Wildman–Crippen LogP) is 5.48. The van der Waals surface area contributed by atoms with Crippen molar-refractivity contribution in [3.8, 4) is 0 Å². The maximum absolute atomic E-state index is 13.8. The van der Waals surface area contributed by atoms with E-state index in [9.17, 15) is 19.2 Å². The van der Waals surface area contributed by atoms with E-state index in [2.05, 4.69) is 15.9 Å². The number of hydrogen-bond donors (Lipinski definition) is 0. The van der Waals surface area contributed by atoms with Gasteiger partial charge in [-0.15, -0.1) is 0 Å². The highest BCUT2D eigenvalue weighted by Crippen LogP contribution is 2.47. The Morgan fingerprint density at radius 1 is 0.789 bits per heavy atom. The number of nitrogens with zero attached hydrogens (tertiary/aromatic N) is 2. The smallest absolute Gasteiger partial charge is 0.240 e. The Kier molecular flexibility index (Phi) is 6.13. The molecule has 0 aliphatic carbocycles. The molecule has 2 saturated heterocycles. The van der Waals surface area contributed by atoms with Crippen LogP contribution in [-0.4, -0.2) is 40.4 Å². The topological polar surface area (TPSA) is 74.8 Å². The molecule has 3 heterocycles. The van der Waals surface area contributed by atoms with Crippen LogP contribution < -0.4 is 4.90 Å². The number of benzene rings is 3. The van der Waals surface area contributed by atoms with E-state index < -0.39 is 29.8 Å². The minimum absolute atomic E-state index is 0.188. The van der Waals surface area contributed by atoms with E-state index in [4.69, 9.17) is 11.6 Å². The van der Waals surface area contributed by atoms with Gasteiger partial charge in [0.25, 0.3) is 0 Å². The first-order valence-corrected chi connectivity index (χ1v) is 13.2. The van der Waals surface area contributed by atoms with Crippen molar-refractivity contribution in [2.45, 2.75) is 12.1 Å². The average Bonchev–Trinajstić information content (AvgIpc) is 3.41. The highest BCUT2D eigenvalue weighted by molar-refractivity contribution is 9.10. The third-order valence-corrected chi connectivity index (χ3v) is 8.11. The molecule has 3 aromatic carbocycles. The molecule has 0 radical (unpaired) electrons. The molecule has 6 nitrogen and oxygen atoms in total. The van der Waals surface area contributed by atoms with Crippen LogP contribution in [0.4, 0.5) is 5.69 Å². The Balaban J connectivity index is 1.43. The summed E-state index contributed by atoms with van der Waals surface area (Å²) < 4.78 is 0.812. The molecule has 3 aliphatic rings. The minimum atomic E-state index is -0.913. The molecule has 6 rings (SSSR count). The SMILES string of the molecule is O=C(C1=C[C@@H]2[C@@H]3C(=O)N(c4ccc(Br)cc4)C(=O)[C@H]3[C@H](C(=O)c3ccc(Cl)cc3)N2C=C1)c1ccccc1. The fourth-order valence-electron chi connectivity index (χ4n) is 5.58. The number of amides is 2. The van der Waals surface area contributed by atoms with Crippen LogP contribution in [0.1, 0.15) is 20.7 Å². The van der Waals surface area contributed by atoms with Crippen LogP contribution >= 0.6 is 27.5 Å². The van der Waals surface area contributed by atoms with Gasteiger partial charge in [0.05, 0.1) is 23.6 Å². The molecule has 2 amide bonds. The van der Waals surface area contributed by atoms with Crippen LogP contribution in [-0.2, 0) is 9.59 Å². The van der Waals surface area contributed by atoms with Gasteiger partial charge in [0.1, 0.15) is 6.04 Å². The van der Waals surface area contributed by atoms with Gasteiger partial charge in [-0.3, -0.25) is 19.2 Å². The Morgan fingerprint density at radius 3 is 2.13 bits per heavy atom. The molecular formula is C30H20BrClN2O4. The first-order chi connectivity index (χ1) is 18.3. The summed E-state index contributed by atoms with van der Waals surface area (Å²) >= 11 is 9.41. The molecule has 0 N–H and O–H groups in total. The van der Waals surface area contributed by atoms with E-state index >= 15 is 0 Å². The lowest BCUT2D eigenvalue weighted by Crippen LogP contribution is -2.46. The monoisotopic (exact) mass is 586 g/mol. The third-order valence-electron chi connectivity index (χ3n) is 7.33. The van der Waals surface area contributed by atoms with Crippen LogP contribution in [0.3, 0.4) is 0 Å². The molecule has 0 unspecified atom stereocenters. The predicted molar refractivity (Wildman–Crippen MR) is 147 cm³/mol. The van der Waals surface area contributed by atoms with Gasteiger partial charge in [-0.1, -0.05) is 63.9 Å². The number of ketones is 2. The summed E-state index contributed by atoms with van der Waals surface area (Å²) in [4.78, 5) is 57.7. The number of allylic oxidation sites excluding steroid dienone is 2. The van der Waals surface area contributed by atoms with Crippen molar-refractivity contribution in [2.75, 3.05) is 4.90 Å². The van der Waals surface area contributed by atoms with E-state index in [1.165, 1.54) is 4.90 Å². The summed E-state index contributed by atoms with van der Waals surface area (Å²) in [6.45, 7) is 0. The van der Waals surface area contributed by atoms with Gasteiger partial charge in [-0.2, -0.15) is 0 Å². The van der Waals surface area contributed by atoms with Gasteiger partial charge in [-0.25, -0.2) is 4.90 Å². The molecule has 188 valence electrons. The number of carbonyl (C=O) groups is 4. The summed E-state index contributed by atoms with van der Waals surface area (Å²) in [5.41, 5.74) is 1.77. The second-order valence-electron chi connectivity index (χ2n) is 9.43. The fourth-order valence-corrected chi connectivity index (χ4v) is 5.97. The van der Waals surface area contributed by atoms with Crippen molar-refractivity contribution in [1.82, 2.24) is 4.90 Å². The lowest BCUT2D eigenvalue weighted by molar-refractivity contribution is -0.123. The molecule has 2 fully saturated rings. The number of fused-ring (bicyclic) bond motifs is 3. The number of hydrogen-bond acceptors (Lipinski definition) is 5. The Bertz CT molecular complexity index is 1530. The molecule has 38 heavy (non-hydrogen) atoms. The second-order valence-corrected chi connectivity index (χ2v) is 10.8. The molecular weight excluding hydrogens is 568 g/mol. The number of Topliss-reactive ketones (excluding diaryl/α,β-unsaturated/α-hetero) is 2. The molecule has 8 heteroatoms. The summed E-state index contributed by atoms with van der Waals surface area (Å²) in [6, 6.07) is 20.7. The van der Waals surface area contributed by atoms with Crippen molar-refractivity contribution in [2.24, 2.45) is 11.8 Å². The number of halogens is 2. The van der Waals surface area contributed by atoms with Crippen molar-refractivity contribution < 1.29 is 19.2 Å². The fraction of sp³-hybridized carbons (Fsp3) is 0.133. The van der Waals surface area contributed by atoms with Gasteiger partial charge in [0, 0.05) is 32.4 Å². The largest absolute Gasteiger partial charge is 0.359 e. The second kappa shape index (κ2) is 9.49. The highest BCUT2D eigenvalue weighted by Gasteiger charge is 2.63. The quantitative estimate of drug-likeness (QED) is 0.292. The van der Waals surface area contributed by atoms with E-state index in [0.717, 1.165) is 4.47 Å². The van der Waals surface area contributed by atoms with Gasteiger partial charge >= 0.3 is 0 Å². The van der Waals surface area contributed by atoms with Crippen LogP contribution in [0.5, 0.6) is 0 Å². The standard InChI is InChI=1S/C30H20BrClN2O4/c31-20-8-12-22(13-9-20)34-29(37)24-23-16-19(27(35)17-4-2-1-3-5-17)14-15-33(23)26(25(24)30(34)38)28(36)18-6-10-21(32)11-7-18/h1-16,23-26H/t23-,24+,25-,26-/m1/s1. The average molecular weight is 588 g/mol. The zero-order valence-corrected chi connectivity index (χ0v) is 22.2. The van der Waals surface area contributed by atoms with Gasteiger partial charge in [0.15, 0.2) is 11.6 Å². The summed E-state index contributed by atoms with van der Waals surface area (Å²) in [6.07, 6.45) is 5.04. The van der Waals surface area contributed by atoms with Gasteiger partial charge in [-0.05, 0) is 54.6 Å². The van der Waals surface area contributed by atoms with Gasteiger partial charge in [0.2, 0.25) is 11.8 Å². The lowest BCUT2D eigenvalue weighted by Gasteiger charge is -2.32. The van der Waals surface area contributed by atoms with Crippen molar-refractivity contribution in [1.29, 1.82) is 0 Å². The van der Waals surface area contributed by atoms with E-state index in [-0.39, 0.29) is 17.5 Å². The Labute approximate surface area is 232 Å². The minimum Gasteiger partial charge on any atom is -0.359 e. The highest BCUT2D eigenvalue weighted by atomic mass is 79.9. The number of imide groups is 1. The molecule has 0 saturated carbocycles. The van der Waals surface area contributed by atoms with Crippen molar-refractivity contribution in [3.05, 3.63) is 123 Å². The van der Waals surface area contributed by atoms with E-state index in [0.29, 0.717) is 27.4 Å². The van der Waals surface area contributed by atoms with Crippen LogP contribution in [0.2, 0.25) is 5.02 Å². The van der Waals surface area contributed by atoms with Crippen LogP contribution in [0.15, 0.2) is 107 Å². The normalized spacial score (nSPS) is 23.8. The maximum Gasteiger partial charge on any atom is 0.240 e. The summed E-state index contributed by atoms with van der Waals surface area (Å²) in [5, 5.41) is 0.488. The molecule has 3 aromatic rings. The summed E-state index contributed by atoms with van der Waals surface area (Å²) in [7, 11) is 0. The lowest BCUT2D eigenvalue weighted by atomic mass is 9.85. The number of carbonyl (C=O) groups excluding carboxylic acids is 4. The summed E-state index contributed by atoms with van der Waals surface area (Å²) in [5.74, 6) is -3.02. The van der Waals surface area contributed by atoms with Gasteiger partial charge < -0.3 is 4.90 Å². The number of rotatable bonds is 5. The van der Waals surface area contributed by atoms with Crippen molar-refractivity contribution in [3.63, 3.8) is 0 Å². The zero-order chi connectivity index (χ0) is 26.6. The first kappa shape index (κ1) is 24.5. The first-order valence-electron chi connectivity index (χ1n) is 12.1. The molecule has 0 bridgehead atoms. The molecule has 0 aromatic heterocycles. The van der Waals surface area contributed by atoms with E-state index in [1.807, 2.05) is 6.07 Å². The van der Waals surface area contributed by atoms with E-state index in [1.54, 1.807) is 96.0 Å². The Morgan fingerprint density at radius 2 is 1.45 bits per heavy atom. The molecule has 0 spiro atoms. The van der Waals surface area contributed by atoms with Crippen molar-refractivity contribution >= 4 is 56.6 Å². The maximum atomic E-state index is 13.8. The molecule has 4 atom stereocenters. The van der Waals surface area contributed by atoms with Crippen LogP contribution in [0, 0.1) is 11.8 Å². The Hall–Kier alpha value is -3.81. The zero-order valence-electron chi connectivity index (χ0n) is 19.8. The third kappa shape index (κ3) is 3.94.